The van der Waals surface area contributed by atoms with E-state index in [0.717, 1.165) is 23.1 Å². The number of fused-ring (bicyclic) bond motifs is 1. The molecule has 0 bridgehead atoms. The lowest BCUT2D eigenvalue weighted by Crippen LogP contribution is -2.47. The molecule has 1 fully saturated rings. The monoisotopic (exact) mass is 262 g/mol. The van der Waals surface area contributed by atoms with Crippen LogP contribution >= 0.6 is 11.8 Å². The predicted molar refractivity (Wildman–Crippen MR) is 75.8 cm³/mol. The third-order valence-electron chi connectivity index (χ3n) is 4.14. The molecule has 0 saturated carbocycles. The summed E-state index contributed by atoms with van der Waals surface area (Å²) in [6.07, 6.45) is 1.01. The van der Waals surface area contributed by atoms with Crippen molar-refractivity contribution in [3.63, 3.8) is 0 Å². The minimum atomic E-state index is -0.866. The Bertz CT molecular complexity index is 540. The first-order valence-corrected chi connectivity index (χ1v) is 7.48. The van der Waals surface area contributed by atoms with E-state index in [0.29, 0.717) is 11.5 Å². The lowest BCUT2D eigenvalue weighted by molar-refractivity contribution is -0.0727. The van der Waals surface area contributed by atoms with Crippen LogP contribution in [0.5, 0.6) is 0 Å². The van der Waals surface area contributed by atoms with Gasteiger partial charge in [0.25, 0.3) is 0 Å². The second kappa shape index (κ2) is 4.04. The molecule has 2 nitrogen and oxygen atoms in total. The number of furan rings is 1. The van der Waals surface area contributed by atoms with Gasteiger partial charge in [-0.3, -0.25) is 0 Å². The Balaban J connectivity index is 2.12. The topological polar surface area (TPSA) is 33.4 Å². The zero-order valence-electron chi connectivity index (χ0n) is 10.8. The van der Waals surface area contributed by atoms with Crippen LogP contribution < -0.4 is 0 Å². The van der Waals surface area contributed by atoms with Gasteiger partial charge >= 0.3 is 0 Å². The minimum Gasteiger partial charge on any atom is -0.458 e. The maximum atomic E-state index is 11.1. The van der Waals surface area contributed by atoms with Crippen molar-refractivity contribution >= 4 is 22.7 Å². The van der Waals surface area contributed by atoms with E-state index in [4.69, 9.17) is 4.42 Å². The van der Waals surface area contributed by atoms with Crippen LogP contribution in [0.15, 0.2) is 34.7 Å². The van der Waals surface area contributed by atoms with E-state index in [9.17, 15) is 5.11 Å². The normalized spacial score (nSPS) is 27.5. The molecule has 1 aliphatic rings. The van der Waals surface area contributed by atoms with Gasteiger partial charge in [-0.05, 0) is 24.3 Å². The van der Waals surface area contributed by atoms with Crippen LogP contribution in [0.2, 0.25) is 0 Å². The summed E-state index contributed by atoms with van der Waals surface area (Å²) in [5.41, 5.74) is -0.159. The van der Waals surface area contributed by atoms with Crippen molar-refractivity contribution in [2.24, 2.45) is 5.41 Å². The van der Waals surface area contributed by atoms with Crippen molar-refractivity contribution in [2.45, 2.75) is 25.9 Å². The molecular formula is C15H18O2S. The summed E-state index contributed by atoms with van der Waals surface area (Å²) < 4.78 is 5.88. The Hall–Kier alpha value is -0.930. The van der Waals surface area contributed by atoms with Gasteiger partial charge < -0.3 is 9.52 Å². The molecule has 1 unspecified atom stereocenters. The van der Waals surface area contributed by atoms with Crippen molar-refractivity contribution in [1.82, 2.24) is 0 Å². The van der Waals surface area contributed by atoms with Gasteiger partial charge in [0, 0.05) is 16.6 Å². The molecule has 1 aliphatic heterocycles. The Morgan fingerprint density at radius 2 is 2.06 bits per heavy atom. The number of hydrogen-bond donors (Lipinski definition) is 1. The Labute approximate surface area is 111 Å². The van der Waals surface area contributed by atoms with Gasteiger partial charge in [0.1, 0.15) is 16.9 Å². The summed E-state index contributed by atoms with van der Waals surface area (Å²) >= 11 is 1.80. The number of thioether (sulfide) groups is 1. The largest absolute Gasteiger partial charge is 0.458 e. The molecule has 0 aliphatic carbocycles. The molecule has 1 saturated heterocycles. The molecule has 1 aromatic heterocycles. The van der Waals surface area contributed by atoms with Crippen molar-refractivity contribution < 1.29 is 9.52 Å². The quantitative estimate of drug-likeness (QED) is 0.849. The summed E-state index contributed by atoms with van der Waals surface area (Å²) in [5, 5.41) is 12.1. The first kappa shape index (κ1) is 12.1. The average Bonchev–Trinajstić information content (AvgIpc) is 2.77. The number of para-hydroxylation sites is 1. The maximum Gasteiger partial charge on any atom is 0.138 e. The Morgan fingerprint density at radius 1 is 1.28 bits per heavy atom. The fourth-order valence-corrected chi connectivity index (χ4v) is 4.17. The smallest absolute Gasteiger partial charge is 0.138 e. The molecule has 1 atom stereocenters. The first-order chi connectivity index (χ1) is 8.53. The van der Waals surface area contributed by atoms with E-state index in [-0.39, 0.29) is 5.41 Å². The summed E-state index contributed by atoms with van der Waals surface area (Å²) in [6.45, 7) is 4.25. The molecule has 0 radical (unpaired) electrons. The van der Waals surface area contributed by atoms with E-state index in [1.807, 2.05) is 30.3 Å². The van der Waals surface area contributed by atoms with Crippen LogP contribution in [-0.2, 0) is 5.60 Å². The minimum absolute atomic E-state index is 0.147. The lowest BCUT2D eigenvalue weighted by atomic mass is 9.72. The lowest BCUT2D eigenvalue weighted by Gasteiger charge is -2.44. The van der Waals surface area contributed by atoms with E-state index in [2.05, 4.69) is 13.8 Å². The number of aliphatic hydroxyl groups is 1. The van der Waals surface area contributed by atoms with Gasteiger partial charge in [-0.1, -0.05) is 32.0 Å². The highest BCUT2D eigenvalue weighted by molar-refractivity contribution is 7.99. The van der Waals surface area contributed by atoms with Crippen LogP contribution in [0.3, 0.4) is 0 Å². The van der Waals surface area contributed by atoms with Crippen molar-refractivity contribution in [3.05, 3.63) is 36.1 Å². The van der Waals surface area contributed by atoms with Gasteiger partial charge in [0.05, 0.1) is 0 Å². The highest BCUT2D eigenvalue weighted by Gasteiger charge is 2.49. The first-order valence-electron chi connectivity index (χ1n) is 6.32. The van der Waals surface area contributed by atoms with Crippen LogP contribution in [0, 0.1) is 5.41 Å². The molecule has 1 aromatic carbocycles. The fourth-order valence-electron chi connectivity index (χ4n) is 2.54. The summed E-state index contributed by atoms with van der Waals surface area (Å²) in [7, 11) is 0. The van der Waals surface area contributed by atoms with E-state index < -0.39 is 5.60 Å². The number of hydrogen-bond acceptors (Lipinski definition) is 3. The SMILES string of the molecule is CC1(C)CCSCC1(O)c1cc2ccccc2o1. The standard InChI is InChI=1S/C15H18O2S/c1-14(2)7-8-18-10-15(14,16)13-9-11-5-3-4-6-12(11)17-13/h3-6,9,16H,7-8,10H2,1-2H3. The second-order valence-corrected chi connectivity index (χ2v) is 6.80. The molecule has 2 aromatic rings. The Kier molecular flexibility index (Phi) is 2.72. The van der Waals surface area contributed by atoms with Crippen LogP contribution in [-0.4, -0.2) is 16.6 Å². The van der Waals surface area contributed by atoms with Gasteiger partial charge in [-0.2, -0.15) is 11.8 Å². The summed E-state index contributed by atoms with van der Waals surface area (Å²) in [4.78, 5) is 0. The second-order valence-electron chi connectivity index (χ2n) is 5.70. The van der Waals surface area contributed by atoms with Crippen molar-refractivity contribution in [1.29, 1.82) is 0 Å². The third kappa shape index (κ3) is 1.69. The van der Waals surface area contributed by atoms with Crippen molar-refractivity contribution in [3.8, 4) is 0 Å². The Morgan fingerprint density at radius 3 is 2.78 bits per heavy atom. The van der Waals surface area contributed by atoms with E-state index >= 15 is 0 Å². The molecule has 3 heteroatoms. The van der Waals surface area contributed by atoms with E-state index in [1.54, 1.807) is 11.8 Å². The maximum absolute atomic E-state index is 11.1. The number of rotatable bonds is 1. The van der Waals surface area contributed by atoms with Crippen LogP contribution in [0.1, 0.15) is 26.0 Å². The molecule has 0 spiro atoms. The fraction of sp³-hybridized carbons (Fsp3) is 0.467. The molecule has 2 heterocycles. The summed E-state index contributed by atoms with van der Waals surface area (Å²) in [6, 6.07) is 9.91. The van der Waals surface area contributed by atoms with Crippen molar-refractivity contribution in [2.75, 3.05) is 11.5 Å². The van der Waals surface area contributed by atoms with Crippen LogP contribution in [0.25, 0.3) is 11.0 Å². The zero-order valence-corrected chi connectivity index (χ0v) is 11.6. The van der Waals surface area contributed by atoms with Gasteiger partial charge in [-0.25, -0.2) is 0 Å². The molecule has 0 amide bonds. The molecule has 1 N–H and O–H groups in total. The highest BCUT2D eigenvalue weighted by atomic mass is 32.2. The zero-order chi connectivity index (χ0) is 12.8. The predicted octanol–water partition coefficient (Wildman–Crippen LogP) is 3.78. The molecule has 3 rings (SSSR count). The van der Waals surface area contributed by atoms with E-state index in [1.165, 1.54) is 0 Å². The molecule has 96 valence electrons. The van der Waals surface area contributed by atoms with Gasteiger partial charge in [0.2, 0.25) is 0 Å². The van der Waals surface area contributed by atoms with Gasteiger partial charge in [0.15, 0.2) is 0 Å². The van der Waals surface area contributed by atoms with Crippen LogP contribution in [0.4, 0.5) is 0 Å². The number of benzene rings is 1. The highest BCUT2D eigenvalue weighted by Crippen LogP contribution is 2.49. The van der Waals surface area contributed by atoms with Gasteiger partial charge in [-0.15, -0.1) is 0 Å². The average molecular weight is 262 g/mol. The summed E-state index contributed by atoms with van der Waals surface area (Å²) in [5.74, 6) is 2.52. The third-order valence-corrected chi connectivity index (χ3v) is 5.25. The molecular weight excluding hydrogens is 244 g/mol. The molecule has 18 heavy (non-hydrogen) atoms.